The molecule has 4 rings (SSSR count). The second kappa shape index (κ2) is 7.50. The topological polar surface area (TPSA) is 74.5 Å². The number of anilines is 1. The third-order valence-corrected chi connectivity index (χ3v) is 5.52. The van der Waals surface area contributed by atoms with Crippen LogP contribution in [0.25, 0.3) is 11.0 Å². The van der Waals surface area contributed by atoms with Gasteiger partial charge in [-0.2, -0.15) is 0 Å². The molecule has 0 saturated carbocycles. The maximum Gasteiger partial charge on any atom is 0.317 e. The molecular weight excluding hydrogens is 354 g/mol. The van der Waals surface area contributed by atoms with E-state index in [9.17, 15) is 4.79 Å². The molecule has 0 atom stereocenters. The number of fused-ring (bicyclic) bond motifs is 1. The van der Waals surface area contributed by atoms with Gasteiger partial charge in [-0.3, -0.25) is 0 Å². The van der Waals surface area contributed by atoms with E-state index in [1.165, 1.54) is 0 Å². The smallest absolute Gasteiger partial charge is 0.317 e. The fourth-order valence-electron chi connectivity index (χ4n) is 3.63. The summed E-state index contributed by atoms with van der Waals surface area (Å²) < 4.78 is 5.88. The summed E-state index contributed by atoms with van der Waals surface area (Å²) in [7, 11) is 0. The van der Waals surface area contributed by atoms with E-state index < -0.39 is 0 Å². The van der Waals surface area contributed by atoms with E-state index in [0.29, 0.717) is 19.6 Å². The molecular formula is C21H25N5O2. The van der Waals surface area contributed by atoms with Gasteiger partial charge in [-0.05, 0) is 26.8 Å². The molecule has 3 aromatic rings. The molecule has 1 aliphatic rings. The molecule has 1 fully saturated rings. The lowest BCUT2D eigenvalue weighted by molar-refractivity contribution is 0.193. The number of benzene rings is 1. The average Bonchev–Trinajstić information content (AvgIpc) is 3.04. The zero-order chi connectivity index (χ0) is 19.7. The third-order valence-electron chi connectivity index (χ3n) is 5.52. The van der Waals surface area contributed by atoms with Crippen molar-refractivity contribution < 1.29 is 9.21 Å². The zero-order valence-corrected chi connectivity index (χ0v) is 16.5. The number of hydrogen-bond donors (Lipinski definition) is 1. The van der Waals surface area contributed by atoms with Crippen molar-refractivity contribution in [1.82, 2.24) is 20.2 Å². The number of hydrogen-bond acceptors (Lipinski definition) is 5. The highest BCUT2D eigenvalue weighted by molar-refractivity contribution is 5.82. The van der Waals surface area contributed by atoms with Crippen molar-refractivity contribution in [3.05, 3.63) is 53.2 Å². The van der Waals surface area contributed by atoms with Crippen LogP contribution in [0.4, 0.5) is 10.6 Å². The molecule has 0 spiro atoms. The van der Waals surface area contributed by atoms with E-state index in [0.717, 1.165) is 52.5 Å². The first-order chi connectivity index (χ1) is 13.5. The third kappa shape index (κ3) is 3.40. The molecule has 7 heteroatoms. The zero-order valence-electron chi connectivity index (χ0n) is 16.5. The highest BCUT2D eigenvalue weighted by Gasteiger charge is 2.23. The predicted octanol–water partition coefficient (Wildman–Crippen LogP) is 3.18. The lowest BCUT2D eigenvalue weighted by Gasteiger charge is -2.36. The molecule has 3 heterocycles. The Kier molecular flexibility index (Phi) is 4.90. The van der Waals surface area contributed by atoms with Gasteiger partial charge in [0.1, 0.15) is 23.5 Å². The Morgan fingerprint density at radius 2 is 1.82 bits per heavy atom. The molecule has 0 unspecified atom stereocenters. The highest BCUT2D eigenvalue weighted by atomic mass is 16.3. The van der Waals surface area contributed by atoms with Crippen molar-refractivity contribution in [1.29, 1.82) is 0 Å². The minimum Gasteiger partial charge on any atom is -0.459 e. The summed E-state index contributed by atoms with van der Waals surface area (Å²) in [5.74, 6) is 1.77. The van der Waals surface area contributed by atoms with Crippen LogP contribution in [-0.4, -0.2) is 47.1 Å². The van der Waals surface area contributed by atoms with Crippen LogP contribution in [0.3, 0.4) is 0 Å². The number of furan rings is 1. The number of carbonyl (C=O) groups is 1. The number of carbonyl (C=O) groups excluding carboxylic acids is 1. The normalized spacial score (nSPS) is 14.5. The Labute approximate surface area is 164 Å². The average molecular weight is 379 g/mol. The van der Waals surface area contributed by atoms with E-state index in [4.69, 9.17) is 4.42 Å². The van der Waals surface area contributed by atoms with Crippen molar-refractivity contribution in [3.8, 4) is 0 Å². The van der Waals surface area contributed by atoms with Gasteiger partial charge in [0.25, 0.3) is 0 Å². The number of aromatic nitrogens is 2. The van der Waals surface area contributed by atoms with Crippen molar-refractivity contribution in [3.63, 3.8) is 0 Å². The first-order valence-corrected chi connectivity index (χ1v) is 9.57. The van der Waals surface area contributed by atoms with Gasteiger partial charge in [-0.15, -0.1) is 0 Å². The summed E-state index contributed by atoms with van der Waals surface area (Å²) in [6.07, 6.45) is 1.60. The van der Waals surface area contributed by atoms with E-state index >= 15 is 0 Å². The van der Waals surface area contributed by atoms with Crippen molar-refractivity contribution in [2.75, 3.05) is 31.1 Å². The minimum absolute atomic E-state index is 0.0601. The van der Waals surface area contributed by atoms with E-state index in [-0.39, 0.29) is 6.03 Å². The van der Waals surface area contributed by atoms with Gasteiger partial charge in [-0.1, -0.05) is 18.2 Å². The number of para-hydroxylation sites is 1. The van der Waals surface area contributed by atoms with Crippen LogP contribution in [0.1, 0.15) is 22.6 Å². The van der Waals surface area contributed by atoms with Crippen molar-refractivity contribution >= 4 is 22.8 Å². The van der Waals surface area contributed by atoms with Crippen LogP contribution in [0.2, 0.25) is 0 Å². The van der Waals surface area contributed by atoms with Gasteiger partial charge in [0, 0.05) is 48.4 Å². The lowest BCUT2D eigenvalue weighted by Crippen LogP contribution is -2.52. The van der Waals surface area contributed by atoms with Crippen LogP contribution in [0.15, 0.2) is 35.0 Å². The monoisotopic (exact) mass is 379 g/mol. The summed E-state index contributed by atoms with van der Waals surface area (Å²) in [6, 6.07) is 7.87. The number of nitrogens with zero attached hydrogens (tertiary/aromatic N) is 4. The first-order valence-electron chi connectivity index (χ1n) is 9.57. The second-order valence-corrected chi connectivity index (χ2v) is 7.19. The van der Waals surface area contributed by atoms with Gasteiger partial charge in [0.05, 0.1) is 6.54 Å². The molecule has 1 saturated heterocycles. The molecule has 146 valence electrons. The van der Waals surface area contributed by atoms with Gasteiger partial charge in [0.15, 0.2) is 0 Å². The fraction of sp³-hybridized carbons (Fsp3) is 0.381. The maximum absolute atomic E-state index is 12.6. The Morgan fingerprint density at radius 1 is 1.07 bits per heavy atom. The second-order valence-electron chi connectivity index (χ2n) is 7.19. The molecule has 7 nitrogen and oxygen atoms in total. The van der Waals surface area contributed by atoms with Crippen LogP contribution in [0.5, 0.6) is 0 Å². The summed E-state index contributed by atoms with van der Waals surface area (Å²) in [5, 5.41) is 4.09. The summed E-state index contributed by atoms with van der Waals surface area (Å²) in [4.78, 5) is 25.3. The molecule has 0 bridgehead atoms. The number of urea groups is 1. The van der Waals surface area contributed by atoms with Gasteiger partial charge in [0.2, 0.25) is 0 Å². The van der Waals surface area contributed by atoms with Crippen molar-refractivity contribution in [2.45, 2.75) is 27.3 Å². The van der Waals surface area contributed by atoms with Gasteiger partial charge < -0.3 is 19.5 Å². The number of aryl methyl sites for hydroxylation is 2. The Hall–Kier alpha value is -3.09. The Morgan fingerprint density at radius 3 is 2.57 bits per heavy atom. The molecule has 1 aromatic carbocycles. The molecule has 0 aliphatic carbocycles. The molecule has 2 aromatic heterocycles. The Balaban J connectivity index is 1.35. The molecule has 1 aliphatic heterocycles. The number of piperazine rings is 1. The first kappa shape index (κ1) is 18.3. The van der Waals surface area contributed by atoms with Crippen molar-refractivity contribution in [2.24, 2.45) is 0 Å². The largest absolute Gasteiger partial charge is 0.459 e. The quantitative estimate of drug-likeness (QED) is 0.757. The summed E-state index contributed by atoms with van der Waals surface area (Å²) in [6.45, 7) is 9.29. The molecule has 2 amide bonds. The maximum atomic E-state index is 12.6. The molecule has 28 heavy (non-hydrogen) atoms. The van der Waals surface area contributed by atoms with Gasteiger partial charge >= 0.3 is 6.03 Å². The summed E-state index contributed by atoms with van der Waals surface area (Å²) in [5.41, 5.74) is 4.02. The predicted molar refractivity (Wildman–Crippen MR) is 108 cm³/mol. The van der Waals surface area contributed by atoms with E-state index in [2.05, 4.69) is 20.2 Å². The van der Waals surface area contributed by atoms with E-state index in [1.54, 1.807) is 6.33 Å². The lowest BCUT2D eigenvalue weighted by atomic mass is 10.1. The van der Waals surface area contributed by atoms with Crippen LogP contribution in [-0.2, 0) is 6.54 Å². The summed E-state index contributed by atoms with van der Waals surface area (Å²) >= 11 is 0. The number of amides is 2. The standard InChI is InChI=1S/C21H25N5O2/c1-14-16(3)23-13-24-20(14)25-8-10-26(11-9-25)21(27)22-12-19-15(2)17-6-4-5-7-18(17)28-19/h4-7,13H,8-12H2,1-3H3,(H,22,27). The molecule has 0 radical (unpaired) electrons. The van der Waals surface area contributed by atoms with Crippen LogP contribution in [0, 0.1) is 20.8 Å². The SMILES string of the molecule is Cc1ncnc(N2CCN(C(=O)NCc3oc4ccccc4c3C)CC2)c1C. The highest BCUT2D eigenvalue weighted by Crippen LogP contribution is 2.25. The number of nitrogens with one attached hydrogen (secondary N) is 1. The van der Waals surface area contributed by atoms with Crippen LogP contribution < -0.4 is 10.2 Å². The van der Waals surface area contributed by atoms with Gasteiger partial charge in [-0.25, -0.2) is 14.8 Å². The minimum atomic E-state index is -0.0601. The number of rotatable bonds is 3. The van der Waals surface area contributed by atoms with Crippen LogP contribution >= 0.6 is 0 Å². The fourth-order valence-corrected chi connectivity index (χ4v) is 3.63. The Bertz CT molecular complexity index is 1010. The molecule has 1 N–H and O–H groups in total. The van der Waals surface area contributed by atoms with E-state index in [1.807, 2.05) is 49.9 Å².